The Kier molecular flexibility index (Phi) is 2.65. The lowest BCUT2D eigenvalue weighted by molar-refractivity contribution is -0.139. The highest BCUT2D eigenvalue weighted by Crippen LogP contribution is 2.28. The molecule has 1 saturated carbocycles. The van der Waals surface area contributed by atoms with Gasteiger partial charge in [0, 0.05) is 25.6 Å². The van der Waals surface area contributed by atoms with Crippen LogP contribution in [0.2, 0.25) is 0 Å². The van der Waals surface area contributed by atoms with Crippen LogP contribution in [0.5, 0.6) is 0 Å². The van der Waals surface area contributed by atoms with E-state index in [1.165, 1.54) is 7.05 Å². The number of carbonyl (C=O) groups is 2. The van der Waals surface area contributed by atoms with Crippen LogP contribution in [-0.2, 0) is 9.59 Å². The predicted octanol–water partition coefficient (Wildman–Crippen LogP) is -1.77. The normalized spacial score (nSPS) is 26.2. The summed E-state index contributed by atoms with van der Waals surface area (Å²) < 4.78 is 0. The fraction of sp³-hybridized carbons (Fsp3) is 0.714. The zero-order chi connectivity index (χ0) is 9.14. The first-order valence-electron chi connectivity index (χ1n) is 3.82. The van der Waals surface area contributed by atoms with Crippen LogP contribution < -0.4 is 10.6 Å². The minimum atomic E-state index is -0.640. The molecule has 5 heteroatoms. The van der Waals surface area contributed by atoms with Crippen molar-refractivity contribution in [2.45, 2.75) is 12.5 Å². The van der Waals surface area contributed by atoms with Crippen LogP contribution in [0.4, 0.5) is 0 Å². The van der Waals surface area contributed by atoms with E-state index in [9.17, 15) is 9.59 Å². The number of carbonyl (C=O) groups excluding carboxylic acids is 2. The van der Waals surface area contributed by atoms with Crippen molar-refractivity contribution in [3.63, 3.8) is 0 Å². The molecule has 1 rings (SSSR count). The molecule has 0 heterocycles. The van der Waals surface area contributed by atoms with Crippen molar-refractivity contribution < 1.29 is 14.7 Å². The van der Waals surface area contributed by atoms with Crippen molar-refractivity contribution in [3.05, 3.63) is 0 Å². The number of aliphatic hydroxyl groups is 1. The standard InChI is InChI=1S/C7H12N2O3/c1-8-6(11)7(12)9-5-2-4(5)3-10/h4-5,10H,2-3H2,1H3,(H,8,11)(H,9,12). The Balaban J connectivity index is 2.24. The quantitative estimate of drug-likeness (QED) is 0.431. The number of hydrogen-bond acceptors (Lipinski definition) is 3. The molecule has 0 aromatic rings. The molecule has 5 nitrogen and oxygen atoms in total. The molecule has 0 bridgehead atoms. The molecule has 0 aliphatic heterocycles. The fourth-order valence-electron chi connectivity index (χ4n) is 0.974. The highest BCUT2D eigenvalue weighted by atomic mass is 16.3. The van der Waals surface area contributed by atoms with E-state index in [4.69, 9.17) is 5.11 Å². The molecule has 0 spiro atoms. The number of rotatable bonds is 2. The average molecular weight is 172 g/mol. The molecule has 68 valence electrons. The van der Waals surface area contributed by atoms with Crippen molar-refractivity contribution >= 4 is 11.8 Å². The highest BCUT2D eigenvalue weighted by molar-refractivity contribution is 6.35. The summed E-state index contributed by atoms with van der Waals surface area (Å²) in [6, 6.07) is -0.0141. The maximum Gasteiger partial charge on any atom is 0.309 e. The van der Waals surface area contributed by atoms with E-state index >= 15 is 0 Å². The molecule has 3 N–H and O–H groups in total. The summed E-state index contributed by atoms with van der Waals surface area (Å²) in [7, 11) is 1.40. The van der Waals surface area contributed by atoms with Gasteiger partial charge in [-0.3, -0.25) is 9.59 Å². The molecular weight excluding hydrogens is 160 g/mol. The van der Waals surface area contributed by atoms with E-state index in [0.717, 1.165) is 6.42 Å². The number of likely N-dealkylation sites (N-methyl/N-ethyl adjacent to an activating group) is 1. The number of hydrogen-bond donors (Lipinski definition) is 3. The second-order valence-corrected chi connectivity index (χ2v) is 2.84. The highest BCUT2D eigenvalue weighted by Gasteiger charge is 2.38. The Labute approximate surface area is 70.1 Å². The van der Waals surface area contributed by atoms with Crippen molar-refractivity contribution in [1.82, 2.24) is 10.6 Å². The van der Waals surface area contributed by atoms with Gasteiger partial charge in [0.05, 0.1) is 0 Å². The molecule has 0 saturated heterocycles. The van der Waals surface area contributed by atoms with Gasteiger partial charge in [-0.05, 0) is 6.42 Å². The molecule has 0 aromatic carbocycles. The van der Waals surface area contributed by atoms with Gasteiger partial charge < -0.3 is 15.7 Å². The lowest BCUT2D eigenvalue weighted by atomic mass is 10.4. The van der Waals surface area contributed by atoms with Crippen molar-refractivity contribution in [3.8, 4) is 0 Å². The lowest BCUT2D eigenvalue weighted by Crippen LogP contribution is -2.39. The van der Waals surface area contributed by atoms with Crippen LogP contribution in [-0.4, -0.2) is 36.6 Å². The van der Waals surface area contributed by atoms with Gasteiger partial charge in [-0.1, -0.05) is 0 Å². The van der Waals surface area contributed by atoms with E-state index in [1.807, 2.05) is 0 Å². The van der Waals surface area contributed by atoms with Gasteiger partial charge in [-0.2, -0.15) is 0 Å². The van der Waals surface area contributed by atoms with Crippen LogP contribution >= 0.6 is 0 Å². The summed E-state index contributed by atoms with van der Waals surface area (Å²) >= 11 is 0. The fourth-order valence-corrected chi connectivity index (χ4v) is 0.974. The molecular formula is C7H12N2O3. The van der Waals surface area contributed by atoms with Gasteiger partial charge in [0.25, 0.3) is 0 Å². The summed E-state index contributed by atoms with van der Waals surface area (Å²) in [4.78, 5) is 21.6. The van der Waals surface area contributed by atoms with Gasteiger partial charge >= 0.3 is 11.8 Å². The zero-order valence-corrected chi connectivity index (χ0v) is 6.83. The van der Waals surface area contributed by atoms with Crippen molar-refractivity contribution in [1.29, 1.82) is 0 Å². The Hall–Kier alpha value is -1.10. The molecule has 1 fully saturated rings. The molecule has 1 aliphatic carbocycles. The Morgan fingerprint density at radius 3 is 2.58 bits per heavy atom. The zero-order valence-electron chi connectivity index (χ0n) is 6.83. The van der Waals surface area contributed by atoms with Crippen molar-refractivity contribution in [2.75, 3.05) is 13.7 Å². The second-order valence-electron chi connectivity index (χ2n) is 2.84. The minimum Gasteiger partial charge on any atom is -0.396 e. The van der Waals surface area contributed by atoms with Crippen LogP contribution in [0.25, 0.3) is 0 Å². The van der Waals surface area contributed by atoms with Gasteiger partial charge in [0.2, 0.25) is 0 Å². The van der Waals surface area contributed by atoms with E-state index in [2.05, 4.69) is 10.6 Å². The first-order valence-corrected chi connectivity index (χ1v) is 3.82. The third-order valence-electron chi connectivity index (χ3n) is 1.91. The van der Waals surface area contributed by atoms with Crippen LogP contribution in [0.3, 0.4) is 0 Å². The summed E-state index contributed by atoms with van der Waals surface area (Å²) in [5, 5.41) is 13.3. The van der Waals surface area contributed by atoms with E-state index in [-0.39, 0.29) is 18.6 Å². The topological polar surface area (TPSA) is 78.4 Å². The first-order chi connectivity index (χ1) is 5.69. The monoisotopic (exact) mass is 172 g/mol. The third kappa shape index (κ3) is 1.94. The van der Waals surface area contributed by atoms with Gasteiger partial charge in [-0.25, -0.2) is 0 Å². The number of nitrogens with one attached hydrogen (secondary N) is 2. The molecule has 0 aromatic heterocycles. The molecule has 12 heavy (non-hydrogen) atoms. The second kappa shape index (κ2) is 3.53. The molecule has 0 radical (unpaired) electrons. The molecule has 1 aliphatic rings. The first kappa shape index (κ1) is 8.99. The Morgan fingerprint density at radius 1 is 1.50 bits per heavy atom. The smallest absolute Gasteiger partial charge is 0.309 e. The summed E-state index contributed by atoms with van der Waals surface area (Å²) in [6.45, 7) is 0.0681. The number of aliphatic hydroxyl groups excluding tert-OH is 1. The van der Waals surface area contributed by atoms with E-state index in [0.29, 0.717) is 0 Å². The van der Waals surface area contributed by atoms with E-state index < -0.39 is 11.8 Å². The van der Waals surface area contributed by atoms with Crippen molar-refractivity contribution in [2.24, 2.45) is 5.92 Å². The molecule has 2 atom stereocenters. The summed E-state index contributed by atoms with van der Waals surface area (Å²) in [5.74, 6) is -1.13. The predicted molar refractivity (Wildman–Crippen MR) is 41.2 cm³/mol. The lowest BCUT2D eigenvalue weighted by Gasteiger charge is -2.01. The van der Waals surface area contributed by atoms with Crippen LogP contribution in [0.15, 0.2) is 0 Å². The Morgan fingerprint density at radius 2 is 2.17 bits per heavy atom. The average Bonchev–Trinajstić information content (AvgIpc) is 2.81. The van der Waals surface area contributed by atoms with Gasteiger partial charge in [-0.15, -0.1) is 0 Å². The largest absolute Gasteiger partial charge is 0.396 e. The van der Waals surface area contributed by atoms with Gasteiger partial charge in [0.15, 0.2) is 0 Å². The van der Waals surface area contributed by atoms with Crippen LogP contribution in [0, 0.1) is 5.92 Å². The Bertz CT molecular complexity index is 205. The molecule has 2 unspecified atom stereocenters. The summed E-state index contributed by atoms with van der Waals surface area (Å²) in [5.41, 5.74) is 0. The third-order valence-corrected chi connectivity index (χ3v) is 1.91. The van der Waals surface area contributed by atoms with Crippen LogP contribution in [0.1, 0.15) is 6.42 Å². The maximum absolute atomic E-state index is 10.9. The summed E-state index contributed by atoms with van der Waals surface area (Å²) in [6.07, 6.45) is 0.763. The number of amides is 2. The van der Waals surface area contributed by atoms with Gasteiger partial charge in [0.1, 0.15) is 0 Å². The molecule has 2 amide bonds. The maximum atomic E-state index is 10.9. The van der Waals surface area contributed by atoms with E-state index in [1.54, 1.807) is 0 Å². The SMILES string of the molecule is CNC(=O)C(=O)NC1CC1CO. The minimum absolute atomic E-state index is 0.0141.